The van der Waals surface area contributed by atoms with Gasteiger partial charge in [-0.15, -0.1) is 10.2 Å². The van der Waals surface area contributed by atoms with Crippen LogP contribution in [0.5, 0.6) is 5.75 Å². The average Bonchev–Trinajstić information content (AvgIpc) is 3.33. The van der Waals surface area contributed by atoms with Crippen molar-refractivity contribution in [1.82, 2.24) is 14.8 Å². The minimum atomic E-state index is -0.274. The number of nitrogens with zero attached hydrogens (tertiary/aromatic N) is 4. The number of halogens is 1. The zero-order valence-corrected chi connectivity index (χ0v) is 18.0. The summed E-state index contributed by atoms with van der Waals surface area (Å²) in [5.41, 5.74) is 3.50. The number of rotatable bonds is 7. The number of carbonyl (C=O) groups excluding carboxylic acids is 1. The fourth-order valence-electron chi connectivity index (χ4n) is 3.42. The molecule has 0 saturated carbocycles. The third kappa shape index (κ3) is 5.15. The minimum absolute atomic E-state index is 0.135. The molecule has 0 atom stereocenters. The van der Waals surface area contributed by atoms with Gasteiger partial charge in [0.15, 0.2) is 6.61 Å². The van der Waals surface area contributed by atoms with E-state index in [4.69, 9.17) is 21.1 Å². The summed E-state index contributed by atoms with van der Waals surface area (Å²) in [5.74, 6) is 0.303. The molecule has 1 N–H and O–H groups in total. The van der Waals surface area contributed by atoms with Crippen LogP contribution in [-0.4, -0.2) is 53.6 Å². The summed E-state index contributed by atoms with van der Waals surface area (Å²) >= 11 is 6.45. The molecule has 9 heteroatoms. The van der Waals surface area contributed by atoms with Crippen LogP contribution in [-0.2, 0) is 16.0 Å². The molecule has 8 nitrogen and oxygen atoms in total. The largest absolute Gasteiger partial charge is 0.482 e. The van der Waals surface area contributed by atoms with Gasteiger partial charge < -0.3 is 19.7 Å². The van der Waals surface area contributed by atoms with Crippen molar-refractivity contribution in [3.8, 4) is 11.4 Å². The highest BCUT2D eigenvalue weighted by molar-refractivity contribution is 6.33. The van der Waals surface area contributed by atoms with Crippen LogP contribution in [0.25, 0.3) is 5.69 Å². The van der Waals surface area contributed by atoms with Crippen molar-refractivity contribution in [3.05, 3.63) is 59.6 Å². The molecule has 2 heterocycles. The van der Waals surface area contributed by atoms with Crippen LogP contribution in [0.1, 0.15) is 12.5 Å². The number of hydrogen-bond donors (Lipinski definition) is 1. The summed E-state index contributed by atoms with van der Waals surface area (Å²) in [6, 6.07) is 11.3. The van der Waals surface area contributed by atoms with Gasteiger partial charge in [0, 0.05) is 18.8 Å². The first-order valence-corrected chi connectivity index (χ1v) is 10.5. The van der Waals surface area contributed by atoms with Crippen molar-refractivity contribution in [2.45, 2.75) is 13.3 Å². The summed E-state index contributed by atoms with van der Waals surface area (Å²) in [5, 5.41) is 11.1. The van der Waals surface area contributed by atoms with Crippen LogP contribution in [0.3, 0.4) is 0 Å². The highest BCUT2D eigenvalue weighted by atomic mass is 35.5. The second-order valence-corrected chi connectivity index (χ2v) is 7.53. The van der Waals surface area contributed by atoms with Gasteiger partial charge in [0.05, 0.1) is 29.6 Å². The molecular formula is C22H24ClN5O3. The second-order valence-electron chi connectivity index (χ2n) is 7.13. The zero-order valence-electron chi connectivity index (χ0n) is 17.3. The van der Waals surface area contributed by atoms with Crippen molar-refractivity contribution < 1.29 is 14.3 Å². The molecule has 1 amide bonds. The lowest BCUT2D eigenvalue weighted by Gasteiger charge is -2.29. The number of benzene rings is 2. The van der Waals surface area contributed by atoms with Crippen molar-refractivity contribution in [1.29, 1.82) is 0 Å². The van der Waals surface area contributed by atoms with Crippen molar-refractivity contribution in [3.63, 3.8) is 0 Å². The number of morpholine rings is 1. The first kappa shape index (κ1) is 21.1. The number of aryl methyl sites for hydroxylation is 1. The van der Waals surface area contributed by atoms with E-state index in [0.717, 1.165) is 36.4 Å². The highest BCUT2D eigenvalue weighted by Crippen LogP contribution is 2.29. The molecule has 162 valence electrons. The van der Waals surface area contributed by atoms with Gasteiger partial charge in [0.1, 0.15) is 18.4 Å². The lowest BCUT2D eigenvalue weighted by Crippen LogP contribution is -2.36. The molecule has 4 rings (SSSR count). The van der Waals surface area contributed by atoms with Crippen LogP contribution in [0.4, 0.5) is 11.4 Å². The maximum Gasteiger partial charge on any atom is 0.262 e. The summed E-state index contributed by atoms with van der Waals surface area (Å²) < 4.78 is 12.9. The number of anilines is 2. The van der Waals surface area contributed by atoms with E-state index in [1.54, 1.807) is 23.3 Å². The summed E-state index contributed by atoms with van der Waals surface area (Å²) in [6.45, 7) is 4.90. The Balaban J connectivity index is 1.40. The molecule has 0 unspecified atom stereocenters. The Bertz CT molecular complexity index is 1040. The van der Waals surface area contributed by atoms with Crippen molar-refractivity contribution in [2.75, 3.05) is 43.1 Å². The number of ether oxygens (including phenoxy) is 2. The average molecular weight is 442 g/mol. The van der Waals surface area contributed by atoms with E-state index in [1.807, 2.05) is 30.3 Å². The maximum absolute atomic E-state index is 12.5. The maximum atomic E-state index is 12.5. The Morgan fingerprint density at radius 3 is 2.61 bits per heavy atom. The van der Waals surface area contributed by atoms with Gasteiger partial charge in [-0.3, -0.25) is 9.36 Å². The molecule has 1 aromatic heterocycles. The van der Waals surface area contributed by atoms with Gasteiger partial charge in [0.25, 0.3) is 5.91 Å². The first-order valence-electron chi connectivity index (χ1n) is 10.2. The Morgan fingerprint density at radius 2 is 1.90 bits per heavy atom. The lowest BCUT2D eigenvalue weighted by atomic mass is 10.1. The summed E-state index contributed by atoms with van der Waals surface area (Å²) in [6.07, 6.45) is 4.08. The molecule has 0 radical (unpaired) electrons. The quantitative estimate of drug-likeness (QED) is 0.605. The molecule has 2 aromatic carbocycles. The van der Waals surface area contributed by atoms with Crippen LogP contribution in [0, 0.1) is 0 Å². The minimum Gasteiger partial charge on any atom is -0.482 e. The fraction of sp³-hybridized carbons (Fsp3) is 0.318. The van der Waals surface area contributed by atoms with Crippen LogP contribution < -0.4 is 15.0 Å². The van der Waals surface area contributed by atoms with Gasteiger partial charge in [-0.2, -0.15) is 0 Å². The normalized spacial score (nSPS) is 13.8. The third-order valence-corrected chi connectivity index (χ3v) is 5.37. The SMILES string of the molecule is CCc1ccc(OCC(=O)Nc2ccc(N3CCOCC3)c(Cl)c2)c(-n2cnnc2)c1. The molecule has 1 saturated heterocycles. The predicted octanol–water partition coefficient (Wildman–Crippen LogP) is 3.34. The number of hydrogen-bond acceptors (Lipinski definition) is 6. The zero-order chi connectivity index (χ0) is 21.6. The third-order valence-electron chi connectivity index (χ3n) is 5.07. The van der Waals surface area contributed by atoms with Crippen molar-refractivity contribution >= 4 is 28.9 Å². The molecule has 0 aliphatic carbocycles. The predicted molar refractivity (Wildman–Crippen MR) is 119 cm³/mol. The molecule has 1 aliphatic rings. The lowest BCUT2D eigenvalue weighted by molar-refractivity contribution is -0.118. The van der Waals surface area contributed by atoms with Gasteiger partial charge in [-0.1, -0.05) is 24.6 Å². The highest BCUT2D eigenvalue weighted by Gasteiger charge is 2.15. The van der Waals surface area contributed by atoms with Crippen LogP contribution in [0.2, 0.25) is 5.02 Å². The molecule has 0 bridgehead atoms. The number of carbonyl (C=O) groups is 1. The van der Waals surface area contributed by atoms with Gasteiger partial charge >= 0.3 is 0 Å². The van der Waals surface area contributed by atoms with Gasteiger partial charge in [-0.25, -0.2) is 0 Å². The Morgan fingerprint density at radius 1 is 1.13 bits per heavy atom. The first-order chi connectivity index (χ1) is 15.1. The van der Waals surface area contributed by atoms with E-state index in [-0.39, 0.29) is 12.5 Å². The molecular weight excluding hydrogens is 418 g/mol. The van der Waals surface area contributed by atoms with Crippen molar-refractivity contribution in [2.24, 2.45) is 0 Å². The Hall–Kier alpha value is -3.10. The Kier molecular flexibility index (Phi) is 6.69. The summed E-state index contributed by atoms with van der Waals surface area (Å²) in [7, 11) is 0. The number of amides is 1. The van der Waals surface area contributed by atoms with E-state index in [2.05, 4.69) is 27.3 Å². The molecule has 0 spiro atoms. The summed E-state index contributed by atoms with van der Waals surface area (Å²) in [4.78, 5) is 14.6. The van der Waals surface area contributed by atoms with Crippen LogP contribution >= 0.6 is 11.6 Å². The number of nitrogens with one attached hydrogen (secondary N) is 1. The van der Waals surface area contributed by atoms with Gasteiger partial charge in [-0.05, 0) is 42.3 Å². The standard InChI is InChI=1S/C22H24ClN5O3/c1-2-16-3-6-21(20(11-16)28-14-24-25-15-28)31-13-22(29)26-17-4-5-19(18(23)12-17)27-7-9-30-10-8-27/h3-6,11-12,14-15H,2,7-10,13H2,1H3,(H,26,29). The van der Waals surface area contributed by atoms with E-state index in [1.165, 1.54) is 0 Å². The number of aromatic nitrogens is 3. The molecule has 31 heavy (non-hydrogen) atoms. The van der Waals surface area contributed by atoms with Gasteiger partial charge in [0.2, 0.25) is 0 Å². The molecule has 3 aromatic rings. The van der Waals surface area contributed by atoms with E-state index in [9.17, 15) is 4.79 Å². The monoisotopic (exact) mass is 441 g/mol. The van der Waals surface area contributed by atoms with E-state index < -0.39 is 0 Å². The Labute approximate surface area is 185 Å². The fourth-order valence-corrected chi connectivity index (χ4v) is 3.72. The van der Waals surface area contributed by atoms with E-state index in [0.29, 0.717) is 29.7 Å². The molecule has 1 fully saturated rings. The van der Waals surface area contributed by atoms with E-state index >= 15 is 0 Å². The topological polar surface area (TPSA) is 81.5 Å². The smallest absolute Gasteiger partial charge is 0.262 e. The molecule has 1 aliphatic heterocycles. The second kappa shape index (κ2) is 9.80. The van der Waals surface area contributed by atoms with Crippen LogP contribution in [0.15, 0.2) is 49.1 Å².